The van der Waals surface area contributed by atoms with Crippen molar-refractivity contribution < 1.29 is 14.6 Å². The summed E-state index contributed by atoms with van der Waals surface area (Å²) in [5.74, 6) is 1.62. The molecule has 0 spiro atoms. The third kappa shape index (κ3) is 4.21. The smallest absolute Gasteiger partial charge is 0.119 e. The first-order valence-electron chi connectivity index (χ1n) is 5.21. The maximum absolute atomic E-state index is 9.32. The number of benzene rings is 1. The van der Waals surface area contributed by atoms with E-state index >= 15 is 0 Å². The van der Waals surface area contributed by atoms with Crippen LogP contribution < -0.4 is 9.47 Å². The van der Waals surface area contributed by atoms with Crippen LogP contribution in [-0.4, -0.2) is 24.9 Å². The Morgan fingerprint density at radius 3 is 2.33 bits per heavy atom. The normalized spacial score (nSPS) is 12.2. The highest BCUT2D eigenvalue weighted by Crippen LogP contribution is 2.17. The van der Waals surface area contributed by atoms with Crippen molar-refractivity contribution in [3.63, 3.8) is 0 Å². The summed E-state index contributed by atoms with van der Waals surface area (Å²) >= 11 is 0. The van der Waals surface area contributed by atoms with Crippen molar-refractivity contribution in [3.05, 3.63) is 24.3 Å². The average molecular weight is 210 g/mol. The molecule has 0 aliphatic carbocycles. The van der Waals surface area contributed by atoms with Crippen LogP contribution in [0.2, 0.25) is 0 Å². The molecule has 3 nitrogen and oxygen atoms in total. The lowest BCUT2D eigenvalue weighted by atomic mass is 10.2. The van der Waals surface area contributed by atoms with Gasteiger partial charge in [0, 0.05) is 6.42 Å². The summed E-state index contributed by atoms with van der Waals surface area (Å²) in [7, 11) is 1.63. The van der Waals surface area contributed by atoms with Gasteiger partial charge in [0.25, 0.3) is 0 Å². The van der Waals surface area contributed by atoms with Crippen molar-refractivity contribution in [1.82, 2.24) is 0 Å². The van der Waals surface area contributed by atoms with E-state index in [4.69, 9.17) is 9.47 Å². The number of aliphatic hydroxyl groups is 1. The SMILES string of the molecule is CCC(O)CCOc1ccc(OC)cc1. The van der Waals surface area contributed by atoms with E-state index in [0.717, 1.165) is 17.9 Å². The summed E-state index contributed by atoms with van der Waals surface area (Å²) in [5, 5.41) is 9.32. The molecule has 3 heteroatoms. The number of methoxy groups -OCH3 is 1. The van der Waals surface area contributed by atoms with Gasteiger partial charge in [0.05, 0.1) is 19.8 Å². The van der Waals surface area contributed by atoms with Crippen LogP contribution in [0.25, 0.3) is 0 Å². The van der Waals surface area contributed by atoms with Gasteiger partial charge in [-0.05, 0) is 30.7 Å². The molecule has 0 amide bonds. The van der Waals surface area contributed by atoms with Crippen LogP contribution in [-0.2, 0) is 0 Å². The quantitative estimate of drug-likeness (QED) is 0.782. The number of ether oxygens (including phenoxy) is 2. The Morgan fingerprint density at radius 1 is 1.20 bits per heavy atom. The summed E-state index contributed by atoms with van der Waals surface area (Å²) in [6.07, 6.45) is 1.18. The molecule has 0 aromatic heterocycles. The largest absolute Gasteiger partial charge is 0.497 e. The molecule has 0 aliphatic heterocycles. The molecule has 15 heavy (non-hydrogen) atoms. The number of aliphatic hydroxyl groups excluding tert-OH is 1. The van der Waals surface area contributed by atoms with Gasteiger partial charge in [0.1, 0.15) is 11.5 Å². The van der Waals surface area contributed by atoms with Crippen LogP contribution in [0.15, 0.2) is 24.3 Å². The molecule has 0 saturated carbocycles. The number of hydrogen-bond acceptors (Lipinski definition) is 3. The van der Waals surface area contributed by atoms with Gasteiger partial charge >= 0.3 is 0 Å². The van der Waals surface area contributed by atoms with Crippen LogP contribution in [0, 0.1) is 0 Å². The maximum Gasteiger partial charge on any atom is 0.119 e. The first kappa shape index (κ1) is 11.9. The second-order valence-corrected chi connectivity index (χ2v) is 3.37. The molecular formula is C12H18O3. The minimum absolute atomic E-state index is 0.261. The van der Waals surface area contributed by atoms with E-state index in [9.17, 15) is 5.11 Å². The molecule has 1 N–H and O–H groups in total. The van der Waals surface area contributed by atoms with Gasteiger partial charge < -0.3 is 14.6 Å². The van der Waals surface area contributed by atoms with Crippen molar-refractivity contribution in [2.75, 3.05) is 13.7 Å². The Bertz CT molecular complexity index is 269. The standard InChI is InChI=1S/C12H18O3/c1-3-10(13)8-9-15-12-6-4-11(14-2)5-7-12/h4-7,10,13H,3,8-9H2,1-2H3. The summed E-state index contributed by atoms with van der Waals surface area (Å²) in [5.41, 5.74) is 0. The van der Waals surface area contributed by atoms with Gasteiger partial charge in [0.2, 0.25) is 0 Å². The topological polar surface area (TPSA) is 38.7 Å². The molecule has 0 aliphatic rings. The molecule has 1 aromatic rings. The highest BCUT2D eigenvalue weighted by Gasteiger charge is 2.01. The molecule has 1 unspecified atom stereocenters. The minimum Gasteiger partial charge on any atom is -0.497 e. The molecule has 0 saturated heterocycles. The fourth-order valence-corrected chi connectivity index (χ4v) is 1.19. The van der Waals surface area contributed by atoms with Crippen LogP contribution in [0.1, 0.15) is 19.8 Å². The van der Waals surface area contributed by atoms with Crippen molar-refractivity contribution in [2.45, 2.75) is 25.9 Å². The molecule has 0 fully saturated rings. The first-order valence-corrected chi connectivity index (χ1v) is 5.21. The van der Waals surface area contributed by atoms with Gasteiger partial charge in [-0.1, -0.05) is 6.92 Å². The lowest BCUT2D eigenvalue weighted by Gasteiger charge is -2.09. The molecule has 1 aromatic carbocycles. The third-order valence-electron chi connectivity index (χ3n) is 2.25. The predicted molar refractivity (Wildman–Crippen MR) is 59.4 cm³/mol. The fraction of sp³-hybridized carbons (Fsp3) is 0.500. The first-order chi connectivity index (χ1) is 7.26. The van der Waals surface area contributed by atoms with Crippen LogP contribution in [0.3, 0.4) is 0 Å². The van der Waals surface area contributed by atoms with E-state index in [0.29, 0.717) is 13.0 Å². The number of rotatable bonds is 6. The third-order valence-corrected chi connectivity index (χ3v) is 2.25. The van der Waals surface area contributed by atoms with E-state index in [2.05, 4.69) is 0 Å². The molecule has 1 atom stereocenters. The molecule has 0 radical (unpaired) electrons. The summed E-state index contributed by atoms with van der Waals surface area (Å²) < 4.78 is 10.5. The summed E-state index contributed by atoms with van der Waals surface area (Å²) in [4.78, 5) is 0. The zero-order chi connectivity index (χ0) is 11.1. The highest BCUT2D eigenvalue weighted by atomic mass is 16.5. The second kappa shape index (κ2) is 6.30. The van der Waals surface area contributed by atoms with E-state index in [1.807, 2.05) is 31.2 Å². The van der Waals surface area contributed by atoms with Crippen molar-refractivity contribution >= 4 is 0 Å². The van der Waals surface area contributed by atoms with Gasteiger partial charge in [-0.15, -0.1) is 0 Å². The summed E-state index contributed by atoms with van der Waals surface area (Å²) in [6.45, 7) is 2.50. The van der Waals surface area contributed by atoms with Crippen molar-refractivity contribution in [1.29, 1.82) is 0 Å². The van der Waals surface area contributed by atoms with Gasteiger partial charge in [0.15, 0.2) is 0 Å². The van der Waals surface area contributed by atoms with E-state index in [-0.39, 0.29) is 6.10 Å². The van der Waals surface area contributed by atoms with E-state index in [1.54, 1.807) is 7.11 Å². The molecule has 0 bridgehead atoms. The Hall–Kier alpha value is -1.22. The predicted octanol–water partition coefficient (Wildman–Crippen LogP) is 2.24. The monoisotopic (exact) mass is 210 g/mol. The van der Waals surface area contributed by atoms with Crippen molar-refractivity contribution in [2.24, 2.45) is 0 Å². The summed E-state index contributed by atoms with van der Waals surface area (Å²) in [6, 6.07) is 7.42. The van der Waals surface area contributed by atoms with Gasteiger partial charge in [-0.25, -0.2) is 0 Å². The van der Waals surface area contributed by atoms with E-state index < -0.39 is 0 Å². The van der Waals surface area contributed by atoms with Crippen LogP contribution in [0.4, 0.5) is 0 Å². The van der Waals surface area contributed by atoms with Gasteiger partial charge in [-0.3, -0.25) is 0 Å². The van der Waals surface area contributed by atoms with E-state index in [1.165, 1.54) is 0 Å². The van der Waals surface area contributed by atoms with Crippen LogP contribution in [0.5, 0.6) is 11.5 Å². The van der Waals surface area contributed by atoms with Crippen molar-refractivity contribution in [3.8, 4) is 11.5 Å². The Balaban J connectivity index is 2.31. The molecular weight excluding hydrogens is 192 g/mol. The number of hydrogen-bond donors (Lipinski definition) is 1. The van der Waals surface area contributed by atoms with Gasteiger partial charge in [-0.2, -0.15) is 0 Å². The lowest BCUT2D eigenvalue weighted by molar-refractivity contribution is 0.135. The second-order valence-electron chi connectivity index (χ2n) is 3.37. The Labute approximate surface area is 90.6 Å². The molecule has 84 valence electrons. The highest BCUT2D eigenvalue weighted by molar-refractivity contribution is 5.31. The molecule has 0 heterocycles. The average Bonchev–Trinajstić information content (AvgIpc) is 2.29. The minimum atomic E-state index is -0.261. The zero-order valence-electron chi connectivity index (χ0n) is 9.27. The lowest BCUT2D eigenvalue weighted by Crippen LogP contribution is -2.10. The van der Waals surface area contributed by atoms with Crippen LogP contribution >= 0.6 is 0 Å². The Kier molecular flexibility index (Phi) is 4.98. The zero-order valence-corrected chi connectivity index (χ0v) is 9.27. The Morgan fingerprint density at radius 2 is 1.80 bits per heavy atom. The molecule has 1 rings (SSSR count). The fourth-order valence-electron chi connectivity index (χ4n) is 1.19. The maximum atomic E-state index is 9.32.